The minimum absolute atomic E-state index is 0.664. The summed E-state index contributed by atoms with van der Waals surface area (Å²) < 4.78 is 5.75. The molecule has 1 saturated carbocycles. The van der Waals surface area contributed by atoms with Crippen molar-refractivity contribution in [1.29, 1.82) is 0 Å². The fraction of sp³-hybridized carbons (Fsp3) is 0.500. The minimum Gasteiger partial charge on any atom is -0.428 e. The van der Waals surface area contributed by atoms with Gasteiger partial charge in [-0.15, -0.1) is 0 Å². The number of hydrogen-bond acceptors (Lipinski definition) is 3. The summed E-state index contributed by atoms with van der Waals surface area (Å²) in [6.45, 7) is 0.968. The van der Waals surface area contributed by atoms with E-state index in [4.69, 9.17) is 4.42 Å². The van der Waals surface area contributed by atoms with Crippen molar-refractivity contribution in [3.63, 3.8) is 0 Å². The molecule has 21 heavy (non-hydrogen) atoms. The van der Waals surface area contributed by atoms with E-state index in [2.05, 4.69) is 34.6 Å². The van der Waals surface area contributed by atoms with E-state index < -0.39 is 0 Å². The van der Waals surface area contributed by atoms with Gasteiger partial charge in [0.25, 0.3) is 6.01 Å². The molecule has 3 heteroatoms. The molecule has 0 amide bonds. The van der Waals surface area contributed by atoms with Gasteiger partial charge in [-0.25, -0.2) is 4.98 Å². The summed E-state index contributed by atoms with van der Waals surface area (Å²) >= 11 is 0. The molecule has 1 aromatic heterocycles. The fourth-order valence-electron chi connectivity index (χ4n) is 3.13. The van der Waals surface area contributed by atoms with Crippen molar-refractivity contribution in [3.05, 3.63) is 47.9 Å². The lowest BCUT2D eigenvalue weighted by molar-refractivity contribution is 0.344. The fourth-order valence-corrected chi connectivity index (χ4v) is 3.13. The van der Waals surface area contributed by atoms with Gasteiger partial charge in [-0.3, -0.25) is 0 Å². The molecule has 2 aromatic rings. The van der Waals surface area contributed by atoms with Gasteiger partial charge in [0.2, 0.25) is 0 Å². The zero-order chi connectivity index (χ0) is 14.3. The van der Waals surface area contributed by atoms with Crippen LogP contribution in [0.3, 0.4) is 0 Å². The monoisotopic (exact) mass is 284 g/mol. The van der Waals surface area contributed by atoms with Crippen LogP contribution in [0.4, 0.5) is 6.01 Å². The van der Waals surface area contributed by atoms with Crippen LogP contribution in [0.25, 0.3) is 0 Å². The average Bonchev–Trinajstić information content (AvgIpc) is 2.97. The van der Waals surface area contributed by atoms with Crippen LogP contribution in [0.1, 0.15) is 49.8 Å². The third-order valence-corrected chi connectivity index (χ3v) is 4.33. The Hall–Kier alpha value is -1.77. The maximum absolute atomic E-state index is 5.75. The highest BCUT2D eigenvalue weighted by Crippen LogP contribution is 2.26. The second-order valence-electron chi connectivity index (χ2n) is 6.01. The normalized spacial score (nSPS) is 16.0. The zero-order valence-electron chi connectivity index (χ0n) is 12.6. The molecule has 1 heterocycles. The SMILES string of the molecule is c1ccc(Cc2cnc(NCCC3CCCCC3)o2)cc1. The molecular weight excluding hydrogens is 260 g/mol. The van der Waals surface area contributed by atoms with Gasteiger partial charge >= 0.3 is 0 Å². The molecule has 3 nitrogen and oxygen atoms in total. The quantitative estimate of drug-likeness (QED) is 0.839. The van der Waals surface area contributed by atoms with E-state index in [0.717, 1.165) is 24.6 Å². The summed E-state index contributed by atoms with van der Waals surface area (Å²) in [7, 11) is 0. The summed E-state index contributed by atoms with van der Waals surface area (Å²) in [5.74, 6) is 1.81. The van der Waals surface area contributed by atoms with E-state index in [1.165, 1.54) is 44.1 Å². The number of hydrogen-bond donors (Lipinski definition) is 1. The van der Waals surface area contributed by atoms with Crippen LogP contribution in [-0.2, 0) is 6.42 Å². The molecule has 1 aliphatic rings. The molecule has 3 rings (SSSR count). The van der Waals surface area contributed by atoms with E-state index in [-0.39, 0.29) is 0 Å². The molecule has 0 unspecified atom stereocenters. The minimum atomic E-state index is 0.664. The summed E-state index contributed by atoms with van der Waals surface area (Å²) in [6, 6.07) is 11.0. The van der Waals surface area contributed by atoms with Gasteiger partial charge in [-0.05, 0) is 17.9 Å². The van der Waals surface area contributed by atoms with Crippen molar-refractivity contribution in [1.82, 2.24) is 4.98 Å². The lowest BCUT2D eigenvalue weighted by Crippen LogP contribution is -2.12. The Labute approximate surface area is 126 Å². The number of aromatic nitrogens is 1. The number of anilines is 1. The second kappa shape index (κ2) is 7.30. The highest BCUT2D eigenvalue weighted by Gasteiger charge is 2.13. The summed E-state index contributed by atoms with van der Waals surface area (Å²) in [4.78, 5) is 4.32. The Morgan fingerprint density at radius 3 is 2.71 bits per heavy atom. The predicted octanol–water partition coefficient (Wildman–Crippen LogP) is 4.65. The second-order valence-corrected chi connectivity index (χ2v) is 6.01. The average molecular weight is 284 g/mol. The van der Waals surface area contributed by atoms with Crippen molar-refractivity contribution in [2.24, 2.45) is 5.92 Å². The van der Waals surface area contributed by atoms with E-state index in [0.29, 0.717) is 6.01 Å². The van der Waals surface area contributed by atoms with Crippen LogP contribution in [0.2, 0.25) is 0 Å². The van der Waals surface area contributed by atoms with Gasteiger partial charge in [-0.1, -0.05) is 62.4 Å². The first-order chi connectivity index (χ1) is 10.4. The smallest absolute Gasteiger partial charge is 0.294 e. The summed E-state index contributed by atoms with van der Waals surface area (Å²) in [5, 5.41) is 3.32. The number of rotatable bonds is 6. The van der Waals surface area contributed by atoms with Crippen molar-refractivity contribution in [2.45, 2.75) is 44.9 Å². The van der Waals surface area contributed by atoms with E-state index in [1.807, 2.05) is 12.3 Å². The first-order valence-electron chi connectivity index (χ1n) is 8.12. The topological polar surface area (TPSA) is 38.1 Å². The lowest BCUT2D eigenvalue weighted by Gasteiger charge is -2.21. The molecule has 0 radical (unpaired) electrons. The van der Waals surface area contributed by atoms with Gasteiger partial charge in [0.05, 0.1) is 6.20 Å². The van der Waals surface area contributed by atoms with Gasteiger partial charge in [-0.2, -0.15) is 0 Å². The molecule has 0 atom stereocenters. The predicted molar refractivity (Wildman–Crippen MR) is 85.4 cm³/mol. The third kappa shape index (κ3) is 4.35. The van der Waals surface area contributed by atoms with Gasteiger partial charge < -0.3 is 9.73 Å². The first-order valence-corrected chi connectivity index (χ1v) is 8.12. The summed E-state index contributed by atoms with van der Waals surface area (Å²) in [5.41, 5.74) is 1.25. The Kier molecular flexibility index (Phi) is 4.93. The van der Waals surface area contributed by atoms with E-state index in [9.17, 15) is 0 Å². The van der Waals surface area contributed by atoms with E-state index >= 15 is 0 Å². The van der Waals surface area contributed by atoms with Crippen molar-refractivity contribution in [3.8, 4) is 0 Å². The first kappa shape index (κ1) is 14.2. The van der Waals surface area contributed by atoms with Crippen molar-refractivity contribution >= 4 is 6.01 Å². The summed E-state index contributed by atoms with van der Waals surface area (Å²) in [6.07, 6.45) is 10.9. The number of nitrogens with one attached hydrogen (secondary N) is 1. The largest absolute Gasteiger partial charge is 0.428 e. The van der Waals surface area contributed by atoms with Gasteiger partial charge in [0.15, 0.2) is 0 Å². The highest BCUT2D eigenvalue weighted by atomic mass is 16.4. The molecule has 1 fully saturated rings. The number of benzene rings is 1. The molecule has 112 valence electrons. The zero-order valence-corrected chi connectivity index (χ0v) is 12.6. The molecule has 1 aliphatic carbocycles. The van der Waals surface area contributed by atoms with Crippen LogP contribution >= 0.6 is 0 Å². The Bertz CT molecular complexity index is 529. The van der Waals surface area contributed by atoms with Gasteiger partial charge in [0, 0.05) is 13.0 Å². The molecule has 0 spiro atoms. The Morgan fingerprint density at radius 2 is 1.90 bits per heavy atom. The molecular formula is C18H24N2O. The molecule has 1 N–H and O–H groups in total. The van der Waals surface area contributed by atoms with Crippen LogP contribution in [0, 0.1) is 5.92 Å². The van der Waals surface area contributed by atoms with Gasteiger partial charge in [0.1, 0.15) is 5.76 Å². The van der Waals surface area contributed by atoms with Crippen LogP contribution in [0.15, 0.2) is 40.9 Å². The Balaban J connectivity index is 1.44. The maximum Gasteiger partial charge on any atom is 0.294 e. The third-order valence-electron chi connectivity index (χ3n) is 4.33. The number of oxazole rings is 1. The Morgan fingerprint density at radius 1 is 1.10 bits per heavy atom. The van der Waals surface area contributed by atoms with Crippen LogP contribution in [0.5, 0.6) is 0 Å². The molecule has 1 aromatic carbocycles. The molecule has 0 bridgehead atoms. The van der Waals surface area contributed by atoms with E-state index in [1.54, 1.807) is 0 Å². The van der Waals surface area contributed by atoms with Crippen molar-refractivity contribution < 1.29 is 4.42 Å². The molecule has 0 aliphatic heterocycles. The molecule has 0 saturated heterocycles. The van der Waals surface area contributed by atoms with Crippen molar-refractivity contribution in [2.75, 3.05) is 11.9 Å². The van der Waals surface area contributed by atoms with Crippen LogP contribution in [-0.4, -0.2) is 11.5 Å². The lowest BCUT2D eigenvalue weighted by atomic mass is 9.87. The number of nitrogens with zero attached hydrogens (tertiary/aromatic N) is 1. The maximum atomic E-state index is 5.75. The van der Waals surface area contributed by atoms with Crippen LogP contribution < -0.4 is 5.32 Å². The standard InChI is InChI=1S/C18H24N2O/c1-3-7-15(8-4-1)11-12-19-18-20-14-17(21-18)13-16-9-5-2-6-10-16/h2,5-6,9-10,14-15H,1,3-4,7-8,11-13H2,(H,19,20). The highest BCUT2D eigenvalue weighted by molar-refractivity contribution is 5.24.